The van der Waals surface area contributed by atoms with Crippen LogP contribution in [0.2, 0.25) is 5.02 Å². The van der Waals surface area contributed by atoms with E-state index in [9.17, 15) is 0 Å². The molecule has 0 fully saturated rings. The van der Waals surface area contributed by atoms with Gasteiger partial charge in [0.05, 0.1) is 12.7 Å². The highest BCUT2D eigenvalue weighted by Crippen LogP contribution is 2.10. The third kappa shape index (κ3) is 8.22. The van der Waals surface area contributed by atoms with Crippen molar-refractivity contribution in [3.63, 3.8) is 0 Å². The molecule has 0 aliphatic carbocycles. The molecule has 1 rings (SSSR count). The number of rotatable bonds is 10. The molecule has 0 aliphatic heterocycles. The molecule has 0 heterocycles. The summed E-state index contributed by atoms with van der Waals surface area (Å²) in [4.78, 5) is 0. The van der Waals surface area contributed by atoms with E-state index >= 15 is 0 Å². The van der Waals surface area contributed by atoms with Crippen LogP contribution in [0.25, 0.3) is 0 Å². The number of nitrogens with one attached hydrogen (secondary N) is 1. The van der Waals surface area contributed by atoms with Crippen LogP contribution in [0.15, 0.2) is 24.3 Å². The Kier molecular flexibility index (Phi) is 8.84. The highest BCUT2D eigenvalue weighted by atomic mass is 35.5. The number of halogens is 1. The van der Waals surface area contributed by atoms with Crippen LogP contribution in [0.1, 0.15) is 25.8 Å². The summed E-state index contributed by atoms with van der Waals surface area (Å²) < 4.78 is 11.0. The second-order valence-electron chi connectivity index (χ2n) is 4.50. The third-order valence-corrected chi connectivity index (χ3v) is 2.98. The fourth-order valence-corrected chi connectivity index (χ4v) is 1.75. The average molecular weight is 286 g/mol. The quantitative estimate of drug-likeness (QED) is 0.669. The molecule has 0 saturated carbocycles. The van der Waals surface area contributed by atoms with Gasteiger partial charge in [0.15, 0.2) is 0 Å². The summed E-state index contributed by atoms with van der Waals surface area (Å²) in [7, 11) is 0. The van der Waals surface area contributed by atoms with Crippen molar-refractivity contribution in [2.75, 3.05) is 26.3 Å². The molecule has 4 heteroatoms. The van der Waals surface area contributed by atoms with Gasteiger partial charge in [-0.15, -0.1) is 0 Å². The highest BCUT2D eigenvalue weighted by molar-refractivity contribution is 6.30. The molecule has 3 nitrogen and oxygen atoms in total. The van der Waals surface area contributed by atoms with Crippen LogP contribution >= 0.6 is 11.6 Å². The van der Waals surface area contributed by atoms with E-state index in [0.717, 1.165) is 43.3 Å². The fraction of sp³-hybridized carbons (Fsp3) is 0.600. The number of hydrogen-bond acceptors (Lipinski definition) is 3. The van der Waals surface area contributed by atoms with Crippen molar-refractivity contribution in [2.45, 2.75) is 33.0 Å². The maximum atomic E-state index is 5.83. The Hall–Kier alpha value is -0.610. The van der Waals surface area contributed by atoms with Gasteiger partial charge in [-0.1, -0.05) is 23.7 Å². The maximum Gasteiger partial charge on any atom is 0.0721 e. The van der Waals surface area contributed by atoms with Gasteiger partial charge in [-0.2, -0.15) is 0 Å². The first-order valence-electron chi connectivity index (χ1n) is 6.87. The van der Waals surface area contributed by atoms with E-state index in [1.807, 2.05) is 31.2 Å². The van der Waals surface area contributed by atoms with E-state index in [-0.39, 0.29) is 6.10 Å². The van der Waals surface area contributed by atoms with Gasteiger partial charge in [0, 0.05) is 24.8 Å². The summed E-state index contributed by atoms with van der Waals surface area (Å²) in [6, 6.07) is 7.75. The fourth-order valence-electron chi connectivity index (χ4n) is 1.63. The standard InChI is InChI=1S/C15H24ClNO2/c1-3-18-10-4-9-17-11-13(2)19-12-14-5-7-15(16)8-6-14/h5-8,13,17H,3-4,9-12H2,1-2H3. The summed E-state index contributed by atoms with van der Waals surface area (Å²) in [6.07, 6.45) is 1.24. The predicted octanol–water partition coefficient (Wildman–Crippen LogP) is 3.26. The largest absolute Gasteiger partial charge is 0.382 e. The molecule has 1 unspecified atom stereocenters. The lowest BCUT2D eigenvalue weighted by Crippen LogP contribution is -2.28. The zero-order chi connectivity index (χ0) is 13.9. The van der Waals surface area contributed by atoms with Crippen molar-refractivity contribution in [1.82, 2.24) is 5.32 Å². The number of benzene rings is 1. The summed E-state index contributed by atoms with van der Waals surface area (Å²) in [5.41, 5.74) is 1.15. The van der Waals surface area contributed by atoms with Gasteiger partial charge >= 0.3 is 0 Å². The predicted molar refractivity (Wildman–Crippen MR) is 79.7 cm³/mol. The third-order valence-electron chi connectivity index (χ3n) is 2.73. The summed E-state index contributed by atoms with van der Waals surface area (Å²) in [5.74, 6) is 0. The molecule has 19 heavy (non-hydrogen) atoms. The van der Waals surface area contributed by atoms with Gasteiger partial charge in [-0.05, 0) is 44.5 Å². The first-order chi connectivity index (χ1) is 9.22. The van der Waals surface area contributed by atoms with Crippen LogP contribution in [0.4, 0.5) is 0 Å². The Balaban J connectivity index is 2.04. The summed E-state index contributed by atoms with van der Waals surface area (Å²) in [6.45, 7) is 8.16. The Labute approximate surface area is 121 Å². The van der Waals surface area contributed by atoms with E-state index < -0.39 is 0 Å². The lowest BCUT2D eigenvalue weighted by Gasteiger charge is -2.14. The van der Waals surface area contributed by atoms with Gasteiger partial charge in [0.2, 0.25) is 0 Å². The lowest BCUT2D eigenvalue weighted by molar-refractivity contribution is 0.0527. The summed E-state index contributed by atoms with van der Waals surface area (Å²) in [5, 5.41) is 4.12. The molecule has 1 aromatic carbocycles. The van der Waals surface area contributed by atoms with Crippen LogP contribution in [-0.2, 0) is 16.1 Å². The molecular formula is C15H24ClNO2. The molecule has 0 bridgehead atoms. The van der Waals surface area contributed by atoms with Crippen LogP contribution in [0.5, 0.6) is 0 Å². The Bertz CT molecular complexity index is 329. The van der Waals surface area contributed by atoms with Gasteiger partial charge in [-0.25, -0.2) is 0 Å². The van der Waals surface area contributed by atoms with Gasteiger partial charge in [0.1, 0.15) is 0 Å². The molecule has 1 atom stereocenters. The minimum atomic E-state index is 0.197. The summed E-state index contributed by atoms with van der Waals surface area (Å²) >= 11 is 5.83. The van der Waals surface area contributed by atoms with Crippen molar-refractivity contribution in [3.05, 3.63) is 34.9 Å². The molecule has 0 amide bonds. The van der Waals surface area contributed by atoms with Crippen molar-refractivity contribution >= 4 is 11.6 Å². The highest BCUT2D eigenvalue weighted by Gasteiger charge is 2.02. The van der Waals surface area contributed by atoms with Crippen molar-refractivity contribution in [3.8, 4) is 0 Å². The van der Waals surface area contributed by atoms with E-state index in [1.165, 1.54) is 0 Å². The molecule has 0 radical (unpaired) electrons. The van der Waals surface area contributed by atoms with E-state index in [1.54, 1.807) is 0 Å². The lowest BCUT2D eigenvalue weighted by atomic mass is 10.2. The minimum absolute atomic E-state index is 0.197. The monoisotopic (exact) mass is 285 g/mol. The number of hydrogen-bond donors (Lipinski definition) is 1. The first kappa shape index (κ1) is 16.4. The van der Waals surface area contributed by atoms with E-state index in [2.05, 4.69) is 12.2 Å². The number of ether oxygens (including phenoxy) is 2. The van der Waals surface area contributed by atoms with Crippen LogP contribution in [-0.4, -0.2) is 32.4 Å². The molecule has 0 saturated heterocycles. The zero-order valence-corrected chi connectivity index (χ0v) is 12.6. The van der Waals surface area contributed by atoms with Gasteiger partial charge in [-0.3, -0.25) is 0 Å². The smallest absolute Gasteiger partial charge is 0.0721 e. The normalized spacial score (nSPS) is 12.6. The van der Waals surface area contributed by atoms with E-state index in [4.69, 9.17) is 21.1 Å². The molecule has 0 spiro atoms. The average Bonchev–Trinajstić information content (AvgIpc) is 2.42. The van der Waals surface area contributed by atoms with Crippen LogP contribution in [0.3, 0.4) is 0 Å². The van der Waals surface area contributed by atoms with Crippen molar-refractivity contribution in [1.29, 1.82) is 0 Å². The Morgan fingerprint density at radius 3 is 2.68 bits per heavy atom. The van der Waals surface area contributed by atoms with Crippen LogP contribution < -0.4 is 5.32 Å². The van der Waals surface area contributed by atoms with Gasteiger partial charge in [0.25, 0.3) is 0 Å². The molecule has 1 aromatic rings. The molecular weight excluding hydrogens is 262 g/mol. The minimum Gasteiger partial charge on any atom is -0.382 e. The second-order valence-corrected chi connectivity index (χ2v) is 4.94. The molecule has 0 aliphatic rings. The van der Waals surface area contributed by atoms with Crippen molar-refractivity contribution in [2.24, 2.45) is 0 Å². The maximum absolute atomic E-state index is 5.83. The van der Waals surface area contributed by atoms with E-state index in [0.29, 0.717) is 6.61 Å². The first-order valence-corrected chi connectivity index (χ1v) is 7.24. The molecule has 0 aromatic heterocycles. The van der Waals surface area contributed by atoms with Gasteiger partial charge < -0.3 is 14.8 Å². The topological polar surface area (TPSA) is 30.5 Å². The Morgan fingerprint density at radius 2 is 2.00 bits per heavy atom. The molecule has 1 N–H and O–H groups in total. The van der Waals surface area contributed by atoms with Crippen molar-refractivity contribution < 1.29 is 9.47 Å². The SMILES string of the molecule is CCOCCCNCC(C)OCc1ccc(Cl)cc1. The molecule has 108 valence electrons. The Morgan fingerprint density at radius 1 is 1.26 bits per heavy atom. The second kappa shape index (κ2) is 10.2. The zero-order valence-electron chi connectivity index (χ0n) is 11.8. The van der Waals surface area contributed by atoms with Crippen LogP contribution in [0, 0.1) is 0 Å².